The molecular formula is C13H20FNO. The molecule has 1 rings (SSSR count). The maximum atomic E-state index is 12.7. The number of benzene rings is 1. The molecule has 16 heavy (non-hydrogen) atoms. The van der Waals surface area contributed by atoms with E-state index >= 15 is 0 Å². The second kappa shape index (κ2) is 7.36. The van der Waals surface area contributed by atoms with E-state index in [1.165, 1.54) is 12.1 Å². The molecule has 1 N–H and O–H groups in total. The summed E-state index contributed by atoms with van der Waals surface area (Å²) in [5.74, 6) is -0.184. The molecule has 0 aromatic heterocycles. The van der Waals surface area contributed by atoms with Crippen molar-refractivity contribution in [3.63, 3.8) is 0 Å². The molecule has 0 saturated carbocycles. The second-order valence-electron chi connectivity index (χ2n) is 3.93. The molecule has 0 fully saturated rings. The third kappa shape index (κ3) is 4.73. The topological polar surface area (TPSA) is 21.3 Å². The van der Waals surface area contributed by atoms with Crippen LogP contribution in [0.5, 0.6) is 0 Å². The average Bonchev–Trinajstić information content (AvgIpc) is 2.29. The molecule has 0 amide bonds. The Kier molecular flexibility index (Phi) is 6.04. The SMILES string of the molecule is COCCCCNC(C)c1ccc(F)cc1. The van der Waals surface area contributed by atoms with Crippen molar-refractivity contribution in [2.24, 2.45) is 0 Å². The first-order valence-electron chi connectivity index (χ1n) is 5.72. The van der Waals surface area contributed by atoms with Gasteiger partial charge in [-0.05, 0) is 44.0 Å². The lowest BCUT2D eigenvalue weighted by atomic mass is 10.1. The van der Waals surface area contributed by atoms with E-state index < -0.39 is 0 Å². The minimum absolute atomic E-state index is 0.184. The van der Waals surface area contributed by atoms with Gasteiger partial charge in [0.25, 0.3) is 0 Å². The first-order chi connectivity index (χ1) is 7.74. The molecule has 1 atom stereocenters. The van der Waals surface area contributed by atoms with Crippen molar-refractivity contribution >= 4 is 0 Å². The second-order valence-corrected chi connectivity index (χ2v) is 3.93. The smallest absolute Gasteiger partial charge is 0.123 e. The summed E-state index contributed by atoms with van der Waals surface area (Å²) in [7, 11) is 1.72. The molecule has 0 aliphatic rings. The highest BCUT2D eigenvalue weighted by Crippen LogP contribution is 2.12. The van der Waals surface area contributed by atoms with E-state index in [-0.39, 0.29) is 11.9 Å². The molecule has 0 bridgehead atoms. The fourth-order valence-corrected chi connectivity index (χ4v) is 1.56. The van der Waals surface area contributed by atoms with Crippen molar-refractivity contribution in [2.75, 3.05) is 20.3 Å². The average molecular weight is 225 g/mol. The zero-order valence-electron chi connectivity index (χ0n) is 10.0. The summed E-state index contributed by atoms with van der Waals surface area (Å²) in [6, 6.07) is 6.91. The Balaban J connectivity index is 2.24. The zero-order chi connectivity index (χ0) is 11.8. The molecule has 0 aliphatic heterocycles. The molecule has 1 unspecified atom stereocenters. The van der Waals surface area contributed by atoms with E-state index in [0.717, 1.165) is 31.6 Å². The van der Waals surface area contributed by atoms with E-state index in [2.05, 4.69) is 12.2 Å². The number of methoxy groups -OCH3 is 1. The van der Waals surface area contributed by atoms with Gasteiger partial charge >= 0.3 is 0 Å². The Bertz CT molecular complexity index is 286. The Morgan fingerprint density at radius 3 is 2.56 bits per heavy atom. The Hall–Kier alpha value is -0.930. The van der Waals surface area contributed by atoms with Gasteiger partial charge in [0.15, 0.2) is 0 Å². The molecule has 0 aliphatic carbocycles. The van der Waals surface area contributed by atoms with Gasteiger partial charge in [-0.2, -0.15) is 0 Å². The van der Waals surface area contributed by atoms with Gasteiger partial charge in [-0.15, -0.1) is 0 Å². The predicted molar refractivity (Wildman–Crippen MR) is 63.9 cm³/mol. The molecule has 1 aromatic carbocycles. The van der Waals surface area contributed by atoms with E-state index in [4.69, 9.17) is 4.74 Å². The number of nitrogens with one attached hydrogen (secondary N) is 1. The summed E-state index contributed by atoms with van der Waals surface area (Å²) < 4.78 is 17.7. The van der Waals surface area contributed by atoms with Crippen molar-refractivity contribution in [3.8, 4) is 0 Å². The molecule has 3 heteroatoms. The van der Waals surface area contributed by atoms with E-state index in [1.54, 1.807) is 7.11 Å². The lowest BCUT2D eigenvalue weighted by Gasteiger charge is -2.14. The number of rotatable bonds is 7. The number of hydrogen-bond acceptors (Lipinski definition) is 2. The van der Waals surface area contributed by atoms with Gasteiger partial charge in [-0.3, -0.25) is 0 Å². The standard InChI is InChI=1S/C13H20FNO/c1-11(15-9-3-4-10-16-2)12-5-7-13(14)8-6-12/h5-8,11,15H,3-4,9-10H2,1-2H3. The van der Waals surface area contributed by atoms with Gasteiger partial charge in [-0.1, -0.05) is 12.1 Å². The van der Waals surface area contributed by atoms with E-state index in [9.17, 15) is 4.39 Å². The van der Waals surface area contributed by atoms with Crippen LogP contribution >= 0.6 is 0 Å². The van der Waals surface area contributed by atoms with Gasteiger partial charge in [0.1, 0.15) is 5.82 Å². The number of unbranched alkanes of at least 4 members (excludes halogenated alkanes) is 1. The Morgan fingerprint density at radius 1 is 1.25 bits per heavy atom. The minimum atomic E-state index is -0.184. The molecule has 0 saturated heterocycles. The summed E-state index contributed by atoms with van der Waals surface area (Å²) in [6.07, 6.45) is 2.17. The summed E-state index contributed by atoms with van der Waals surface area (Å²) in [6.45, 7) is 3.86. The van der Waals surface area contributed by atoms with Crippen LogP contribution in [0.25, 0.3) is 0 Å². The van der Waals surface area contributed by atoms with Crippen LogP contribution in [0.4, 0.5) is 4.39 Å². The third-order valence-electron chi connectivity index (χ3n) is 2.60. The molecule has 0 spiro atoms. The van der Waals surface area contributed by atoms with Crippen molar-refractivity contribution in [2.45, 2.75) is 25.8 Å². The van der Waals surface area contributed by atoms with Crippen LogP contribution in [-0.2, 0) is 4.74 Å². The van der Waals surface area contributed by atoms with Crippen LogP contribution in [-0.4, -0.2) is 20.3 Å². The quantitative estimate of drug-likeness (QED) is 0.720. The predicted octanol–water partition coefficient (Wildman–Crippen LogP) is 2.90. The molecule has 0 heterocycles. The summed E-state index contributed by atoms with van der Waals surface area (Å²) in [5, 5.41) is 3.40. The highest BCUT2D eigenvalue weighted by atomic mass is 19.1. The fraction of sp³-hybridized carbons (Fsp3) is 0.538. The van der Waals surface area contributed by atoms with Gasteiger partial charge in [0.05, 0.1) is 0 Å². The van der Waals surface area contributed by atoms with Gasteiger partial charge in [0.2, 0.25) is 0 Å². The summed E-state index contributed by atoms with van der Waals surface area (Å²) >= 11 is 0. The van der Waals surface area contributed by atoms with Gasteiger partial charge in [0, 0.05) is 19.8 Å². The first kappa shape index (κ1) is 13.1. The van der Waals surface area contributed by atoms with Gasteiger partial charge in [-0.25, -0.2) is 4.39 Å². The third-order valence-corrected chi connectivity index (χ3v) is 2.60. The summed E-state index contributed by atoms with van der Waals surface area (Å²) in [5.41, 5.74) is 1.12. The maximum absolute atomic E-state index is 12.7. The Labute approximate surface area is 96.8 Å². The van der Waals surface area contributed by atoms with Crippen LogP contribution in [0.2, 0.25) is 0 Å². The lowest BCUT2D eigenvalue weighted by Crippen LogP contribution is -2.20. The maximum Gasteiger partial charge on any atom is 0.123 e. The monoisotopic (exact) mass is 225 g/mol. The molecule has 90 valence electrons. The first-order valence-corrected chi connectivity index (χ1v) is 5.72. The van der Waals surface area contributed by atoms with Crippen molar-refractivity contribution in [1.82, 2.24) is 5.32 Å². The van der Waals surface area contributed by atoms with E-state index in [1.807, 2.05) is 12.1 Å². The largest absolute Gasteiger partial charge is 0.385 e. The number of halogens is 1. The molecular weight excluding hydrogens is 205 g/mol. The number of ether oxygens (including phenoxy) is 1. The fourth-order valence-electron chi connectivity index (χ4n) is 1.56. The van der Waals surface area contributed by atoms with E-state index in [0.29, 0.717) is 0 Å². The molecule has 0 radical (unpaired) electrons. The minimum Gasteiger partial charge on any atom is -0.385 e. The zero-order valence-corrected chi connectivity index (χ0v) is 10.0. The number of hydrogen-bond donors (Lipinski definition) is 1. The van der Waals surface area contributed by atoms with Crippen LogP contribution in [0.1, 0.15) is 31.4 Å². The lowest BCUT2D eigenvalue weighted by molar-refractivity contribution is 0.192. The Morgan fingerprint density at radius 2 is 1.94 bits per heavy atom. The summed E-state index contributed by atoms with van der Waals surface area (Å²) in [4.78, 5) is 0. The molecule has 2 nitrogen and oxygen atoms in total. The van der Waals surface area contributed by atoms with Crippen LogP contribution in [0.3, 0.4) is 0 Å². The highest BCUT2D eigenvalue weighted by Gasteiger charge is 2.03. The van der Waals surface area contributed by atoms with Crippen LogP contribution < -0.4 is 5.32 Å². The van der Waals surface area contributed by atoms with Crippen molar-refractivity contribution in [3.05, 3.63) is 35.6 Å². The molecule has 1 aromatic rings. The van der Waals surface area contributed by atoms with Crippen LogP contribution in [0, 0.1) is 5.82 Å². The van der Waals surface area contributed by atoms with Gasteiger partial charge < -0.3 is 10.1 Å². The van der Waals surface area contributed by atoms with Crippen molar-refractivity contribution in [1.29, 1.82) is 0 Å². The van der Waals surface area contributed by atoms with Crippen molar-refractivity contribution < 1.29 is 9.13 Å². The van der Waals surface area contributed by atoms with Crippen LogP contribution in [0.15, 0.2) is 24.3 Å². The normalized spacial score (nSPS) is 12.7. The highest BCUT2D eigenvalue weighted by molar-refractivity contribution is 5.19.